The summed E-state index contributed by atoms with van der Waals surface area (Å²) < 4.78 is 47.4. The summed E-state index contributed by atoms with van der Waals surface area (Å²) in [5, 5.41) is 13.6. The number of ether oxygens (including phenoxy) is 1. The van der Waals surface area contributed by atoms with E-state index in [-0.39, 0.29) is 24.1 Å². The molecule has 0 amide bonds. The highest BCUT2D eigenvalue weighted by Crippen LogP contribution is 2.36. The second-order valence-corrected chi connectivity index (χ2v) is 6.45. The summed E-state index contributed by atoms with van der Waals surface area (Å²) in [7, 11) is 0. The topological polar surface area (TPSA) is 47.3 Å². The van der Waals surface area contributed by atoms with Gasteiger partial charge in [-0.1, -0.05) is 24.3 Å². The van der Waals surface area contributed by atoms with Gasteiger partial charge in [-0.15, -0.1) is 0 Å². The van der Waals surface area contributed by atoms with Crippen LogP contribution in [-0.4, -0.2) is 21.0 Å². The second kappa shape index (κ2) is 6.74. The Balaban J connectivity index is 1.83. The molecule has 0 saturated heterocycles. The molecule has 7 heteroatoms. The van der Waals surface area contributed by atoms with Gasteiger partial charge in [0.25, 0.3) is 0 Å². The SMILES string of the molecule is OCc1cc(-c2cccc(OC3CC3)c2)n(-c2ccccc2C(F)(F)F)n1. The summed E-state index contributed by atoms with van der Waals surface area (Å²) in [4.78, 5) is 0. The summed E-state index contributed by atoms with van der Waals surface area (Å²) in [5.41, 5.74) is 0.530. The molecule has 1 aliphatic rings. The standard InChI is InChI=1S/C20H17F3N2O2/c21-20(22,23)17-6-1-2-7-18(17)25-19(11-14(12-26)24-25)13-4-3-5-16(10-13)27-15-8-9-15/h1-7,10-11,15,26H,8-9,12H2. The van der Waals surface area contributed by atoms with Crippen molar-refractivity contribution in [3.05, 3.63) is 65.9 Å². The van der Waals surface area contributed by atoms with Gasteiger partial charge in [-0.2, -0.15) is 18.3 Å². The number of alkyl halides is 3. The molecule has 1 N–H and O–H groups in total. The number of hydrogen-bond acceptors (Lipinski definition) is 3. The highest BCUT2D eigenvalue weighted by Gasteiger charge is 2.34. The molecule has 1 fully saturated rings. The average Bonchev–Trinajstić information content (AvgIpc) is 3.35. The highest BCUT2D eigenvalue weighted by atomic mass is 19.4. The average molecular weight is 374 g/mol. The molecule has 0 radical (unpaired) electrons. The van der Waals surface area contributed by atoms with Crippen molar-refractivity contribution in [2.75, 3.05) is 0 Å². The van der Waals surface area contributed by atoms with Gasteiger partial charge in [-0.3, -0.25) is 0 Å². The summed E-state index contributed by atoms with van der Waals surface area (Å²) >= 11 is 0. The molecule has 0 bridgehead atoms. The van der Waals surface area contributed by atoms with E-state index in [0.717, 1.165) is 18.9 Å². The summed E-state index contributed by atoms with van der Waals surface area (Å²) in [6.07, 6.45) is -2.29. The Morgan fingerprint density at radius 3 is 2.56 bits per heavy atom. The smallest absolute Gasteiger partial charge is 0.418 e. The Hall–Kier alpha value is -2.80. The molecule has 27 heavy (non-hydrogen) atoms. The van der Waals surface area contributed by atoms with Crippen molar-refractivity contribution in [2.24, 2.45) is 0 Å². The fourth-order valence-electron chi connectivity index (χ4n) is 2.90. The van der Waals surface area contributed by atoms with Gasteiger partial charge < -0.3 is 9.84 Å². The first-order valence-corrected chi connectivity index (χ1v) is 8.59. The molecular formula is C20H17F3N2O2. The van der Waals surface area contributed by atoms with Gasteiger partial charge in [0, 0.05) is 5.56 Å². The number of hydrogen-bond donors (Lipinski definition) is 1. The molecule has 2 aromatic carbocycles. The molecule has 0 aliphatic heterocycles. The van der Waals surface area contributed by atoms with Crippen LogP contribution in [0.4, 0.5) is 13.2 Å². The van der Waals surface area contributed by atoms with E-state index in [1.54, 1.807) is 24.3 Å². The maximum atomic E-state index is 13.5. The lowest BCUT2D eigenvalue weighted by atomic mass is 10.1. The van der Waals surface area contributed by atoms with Gasteiger partial charge in [-0.05, 0) is 43.2 Å². The molecule has 1 saturated carbocycles. The van der Waals surface area contributed by atoms with Crippen molar-refractivity contribution in [2.45, 2.75) is 31.7 Å². The molecule has 0 atom stereocenters. The van der Waals surface area contributed by atoms with Crippen molar-refractivity contribution in [3.63, 3.8) is 0 Å². The van der Waals surface area contributed by atoms with Crippen molar-refractivity contribution in [3.8, 4) is 22.7 Å². The normalized spacial score (nSPS) is 14.4. The molecule has 0 spiro atoms. The second-order valence-electron chi connectivity index (χ2n) is 6.45. The minimum absolute atomic E-state index is 0.0896. The number of para-hydroxylation sites is 1. The third kappa shape index (κ3) is 3.68. The van der Waals surface area contributed by atoms with E-state index in [1.807, 2.05) is 6.07 Å². The third-order valence-corrected chi connectivity index (χ3v) is 4.32. The molecule has 140 valence electrons. The van der Waals surface area contributed by atoms with Crippen LogP contribution in [0.25, 0.3) is 16.9 Å². The van der Waals surface area contributed by atoms with E-state index in [9.17, 15) is 18.3 Å². The highest BCUT2D eigenvalue weighted by molar-refractivity contribution is 5.65. The first kappa shape index (κ1) is 17.6. The molecule has 1 aromatic heterocycles. The maximum absolute atomic E-state index is 13.5. The van der Waals surface area contributed by atoms with E-state index in [1.165, 1.54) is 22.9 Å². The van der Waals surface area contributed by atoms with Crippen molar-refractivity contribution < 1.29 is 23.0 Å². The largest absolute Gasteiger partial charge is 0.490 e. The Bertz CT molecular complexity index is 962. The number of nitrogens with zero attached hydrogens (tertiary/aromatic N) is 2. The van der Waals surface area contributed by atoms with Gasteiger partial charge in [0.05, 0.1) is 35.3 Å². The van der Waals surface area contributed by atoms with E-state index in [0.29, 0.717) is 17.0 Å². The molecular weight excluding hydrogens is 357 g/mol. The van der Waals surface area contributed by atoms with Crippen LogP contribution in [0, 0.1) is 0 Å². The number of aliphatic hydroxyl groups excluding tert-OH is 1. The lowest BCUT2D eigenvalue weighted by Crippen LogP contribution is -2.12. The van der Waals surface area contributed by atoms with Crippen LogP contribution < -0.4 is 4.74 Å². The Morgan fingerprint density at radius 1 is 1.07 bits per heavy atom. The lowest BCUT2D eigenvalue weighted by Gasteiger charge is -2.15. The zero-order valence-electron chi connectivity index (χ0n) is 14.3. The summed E-state index contributed by atoms with van der Waals surface area (Å²) in [6.45, 7) is -0.369. The van der Waals surface area contributed by atoms with Crippen LogP contribution in [0.15, 0.2) is 54.6 Å². The first-order chi connectivity index (χ1) is 13.0. The summed E-state index contributed by atoms with van der Waals surface area (Å²) in [6, 6.07) is 14.0. The van der Waals surface area contributed by atoms with E-state index in [2.05, 4.69) is 5.10 Å². The van der Waals surface area contributed by atoms with Crippen molar-refractivity contribution >= 4 is 0 Å². The zero-order valence-corrected chi connectivity index (χ0v) is 14.3. The third-order valence-electron chi connectivity index (χ3n) is 4.32. The molecule has 4 rings (SSSR count). The van der Waals surface area contributed by atoms with E-state index in [4.69, 9.17) is 4.74 Å². The Kier molecular flexibility index (Phi) is 4.39. The van der Waals surface area contributed by atoms with Crippen LogP contribution >= 0.6 is 0 Å². The van der Waals surface area contributed by atoms with Gasteiger partial charge in [0.1, 0.15) is 5.75 Å². The minimum atomic E-state index is -4.52. The van der Waals surface area contributed by atoms with Crippen LogP contribution in [0.3, 0.4) is 0 Å². The van der Waals surface area contributed by atoms with Crippen LogP contribution in [0.2, 0.25) is 0 Å². The maximum Gasteiger partial charge on any atom is 0.418 e. The summed E-state index contributed by atoms with van der Waals surface area (Å²) in [5.74, 6) is 0.664. The monoisotopic (exact) mass is 374 g/mol. The molecule has 3 aromatic rings. The van der Waals surface area contributed by atoms with E-state index < -0.39 is 11.7 Å². The molecule has 0 unspecified atom stereocenters. The minimum Gasteiger partial charge on any atom is -0.490 e. The fourth-order valence-corrected chi connectivity index (χ4v) is 2.90. The van der Waals surface area contributed by atoms with Crippen molar-refractivity contribution in [1.82, 2.24) is 9.78 Å². The predicted octanol–water partition coefficient (Wildman–Crippen LogP) is 4.59. The number of rotatable bonds is 5. The number of aromatic nitrogens is 2. The van der Waals surface area contributed by atoms with Gasteiger partial charge in [0.15, 0.2) is 0 Å². The lowest BCUT2D eigenvalue weighted by molar-refractivity contribution is -0.137. The van der Waals surface area contributed by atoms with Gasteiger partial charge in [0.2, 0.25) is 0 Å². The fraction of sp³-hybridized carbons (Fsp3) is 0.250. The Morgan fingerprint density at radius 2 is 1.85 bits per heavy atom. The molecule has 1 aliphatic carbocycles. The zero-order chi connectivity index (χ0) is 19.0. The number of aliphatic hydroxyl groups is 1. The first-order valence-electron chi connectivity index (χ1n) is 8.59. The van der Waals surface area contributed by atoms with E-state index >= 15 is 0 Å². The number of halogens is 3. The quantitative estimate of drug-likeness (QED) is 0.711. The Labute approximate surface area is 153 Å². The number of benzene rings is 2. The predicted molar refractivity (Wildman–Crippen MR) is 93.6 cm³/mol. The van der Waals surface area contributed by atoms with Crippen LogP contribution in [-0.2, 0) is 12.8 Å². The molecule has 1 heterocycles. The van der Waals surface area contributed by atoms with Gasteiger partial charge >= 0.3 is 6.18 Å². The molecule has 4 nitrogen and oxygen atoms in total. The van der Waals surface area contributed by atoms with Crippen LogP contribution in [0.1, 0.15) is 24.1 Å². The van der Waals surface area contributed by atoms with Crippen molar-refractivity contribution in [1.29, 1.82) is 0 Å². The van der Waals surface area contributed by atoms with Gasteiger partial charge in [-0.25, -0.2) is 4.68 Å². The van der Waals surface area contributed by atoms with Crippen LogP contribution in [0.5, 0.6) is 5.75 Å².